The Labute approximate surface area is 220 Å². The first kappa shape index (κ1) is 26.2. The van der Waals surface area contributed by atoms with E-state index in [0.717, 1.165) is 16.1 Å². The van der Waals surface area contributed by atoms with Gasteiger partial charge >= 0.3 is 0 Å². The van der Waals surface area contributed by atoms with Crippen LogP contribution in [0.1, 0.15) is 45.2 Å². The second-order valence-corrected chi connectivity index (χ2v) is 9.36. The molecule has 1 heterocycles. The van der Waals surface area contributed by atoms with E-state index in [4.69, 9.17) is 14.2 Å². The van der Waals surface area contributed by atoms with Crippen LogP contribution in [0.15, 0.2) is 78.2 Å². The number of benzene rings is 3. The maximum atomic E-state index is 13.7. The van der Waals surface area contributed by atoms with Crippen molar-refractivity contribution < 1.29 is 24.1 Å². The Bertz CT molecular complexity index is 1310. The van der Waals surface area contributed by atoms with E-state index >= 15 is 0 Å². The number of hydrogen-bond acceptors (Lipinski definition) is 7. The van der Waals surface area contributed by atoms with Crippen LogP contribution in [0.5, 0.6) is 17.2 Å². The molecule has 0 fully saturated rings. The molecule has 0 bridgehead atoms. The minimum Gasteiger partial charge on any atom is -0.497 e. The quantitative estimate of drug-likeness (QED) is 0.277. The van der Waals surface area contributed by atoms with Crippen LogP contribution in [0, 0.1) is 0 Å². The third kappa shape index (κ3) is 6.47. The molecular formula is C29H30N2O5S. The van der Waals surface area contributed by atoms with Crippen LogP contribution < -0.4 is 14.2 Å². The number of aromatic nitrogens is 1. The number of carbonyl (C=O) groups is 1. The molecular weight excluding hydrogens is 488 g/mol. The second kappa shape index (κ2) is 12.4. The lowest BCUT2D eigenvalue weighted by molar-refractivity contribution is 0.0674. The average Bonchev–Trinajstić information content (AvgIpc) is 3.43. The lowest BCUT2D eigenvalue weighted by Crippen LogP contribution is -2.33. The molecule has 0 aliphatic rings. The Kier molecular flexibility index (Phi) is 8.77. The molecule has 1 unspecified atom stereocenters. The van der Waals surface area contributed by atoms with Gasteiger partial charge in [-0.15, -0.1) is 11.3 Å². The van der Waals surface area contributed by atoms with Crippen molar-refractivity contribution in [1.82, 2.24) is 9.88 Å². The van der Waals surface area contributed by atoms with E-state index in [1.807, 2.05) is 60.4 Å². The van der Waals surface area contributed by atoms with E-state index in [-0.39, 0.29) is 25.2 Å². The third-order valence-electron chi connectivity index (χ3n) is 6.04. The van der Waals surface area contributed by atoms with E-state index in [1.54, 1.807) is 43.9 Å². The highest BCUT2D eigenvalue weighted by molar-refractivity contribution is 7.09. The van der Waals surface area contributed by atoms with Crippen molar-refractivity contribution in [1.29, 1.82) is 0 Å². The van der Waals surface area contributed by atoms with Crippen LogP contribution in [0.2, 0.25) is 0 Å². The van der Waals surface area contributed by atoms with Crippen LogP contribution >= 0.6 is 11.3 Å². The van der Waals surface area contributed by atoms with Gasteiger partial charge in [0, 0.05) is 17.5 Å². The number of ether oxygens (including phenoxy) is 3. The van der Waals surface area contributed by atoms with Crippen LogP contribution in [-0.4, -0.2) is 35.1 Å². The first-order chi connectivity index (χ1) is 18.0. The molecule has 1 aromatic heterocycles. The SMILES string of the molecule is COc1ccc(C(=O)N(Cc2ccc(OC)c(OCc3nc(CO)cs3)c2)C(C)c2ccccc2)cc1. The Hall–Kier alpha value is -3.88. The largest absolute Gasteiger partial charge is 0.497 e. The number of thiazole rings is 1. The van der Waals surface area contributed by atoms with Crippen molar-refractivity contribution in [2.75, 3.05) is 14.2 Å². The number of amides is 1. The van der Waals surface area contributed by atoms with Crippen LogP contribution in [0.25, 0.3) is 0 Å². The van der Waals surface area contributed by atoms with Crippen molar-refractivity contribution in [2.24, 2.45) is 0 Å². The molecule has 7 nitrogen and oxygen atoms in total. The van der Waals surface area contributed by atoms with Crippen LogP contribution in [0.3, 0.4) is 0 Å². The lowest BCUT2D eigenvalue weighted by atomic mass is 10.0. The summed E-state index contributed by atoms with van der Waals surface area (Å²) >= 11 is 1.43. The van der Waals surface area contributed by atoms with E-state index in [1.165, 1.54) is 11.3 Å². The Balaban J connectivity index is 1.61. The first-order valence-corrected chi connectivity index (χ1v) is 12.7. The Morgan fingerprint density at radius 1 is 1.00 bits per heavy atom. The predicted molar refractivity (Wildman–Crippen MR) is 143 cm³/mol. The highest BCUT2D eigenvalue weighted by Crippen LogP contribution is 2.32. The molecule has 0 saturated heterocycles. The first-order valence-electron chi connectivity index (χ1n) is 11.9. The molecule has 0 radical (unpaired) electrons. The van der Waals surface area contributed by atoms with E-state index in [0.29, 0.717) is 35.1 Å². The van der Waals surface area contributed by atoms with Crippen molar-refractivity contribution in [3.05, 3.63) is 106 Å². The number of methoxy groups -OCH3 is 2. The minimum atomic E-state index is -0.172. The number of carbonyl (C=O) groups excluding carboxylic acids is 1. The van der Waals surface area contributed by atoms with Crippen molar-refractivity contribution in [2.45, 2.75) is 32.7 Å². The molecule has 0 aliphatic carbocycles. The maximum absolute atomic E-state index is 13.7. The highest BCUT2D eigenvalue weighted by atomic mass is 32.1. The van der Waals surface area contributed by atoms with Gasteiger partial charge in [-0.3, -0.25) is 4.79 Å². The van der Waals surface area contributed by atoms with Gasteiger partial charge in [-0.05, 0) is 54.4 Å². The molecule has 4 aromatic rings. The summed E-state index contributed by atoms with van der Waals surface area (Å²) in [5.41, 5.74) is 3.14. The van der Waals surface area contributed by atoms with Gasteiger partial charge in [0.15, 0.2) is 11.5 Å². The van der Waals surface area contributed by atoms with Gasteiger partial charge in [0.25, 0.3) is 5.91 Å². The molecule has 8 heteroatoms. The summed E-state index contributed by atoms with van der Waals surface area (Å²) in [6, 6.07) is 22.6. The van der Waals surface area contributed by atoms with E-state index in [9.17, 15) is 9.90 Å². The van der Waals surface area contributed by atoms with Gasteiger partial charge < -0.3 is 24.2 Å². The summed E-state index contributed by atoms with van der Waals surface area (Å²) in [6.45, 7) is 2.54. The number of aliphatic hydroxyl groups is 1. The van der Waals surface area contributed by atoms with Gasteiger partial charge in [0.1, 0.15) is 17.4 Å². The van der Waals surface area contributed by atoms with Crippen LogP contribution in [0.4, 0.5) is 0 Å². The zero-order valence-corrected chi connectivity index (χ0v) is 21.9. The molecule has 4 rings (SSSR count). The minimum absolute atomic E-state index is 0.0865. The lowest BCUT2D eigenvalue weighted by Gasteiger charge is -2.30. The Morgan fingerprint density at radius 2 is 1.76 bits per heavy atom. The summed E-state index contributed by atoms with van der Waals surface area (Å²) in [7, 11) is 3.19. The summed E-state index contributed by atoms with van der Waals surface area (Å²) in [6.07, 6.45) is 0. The molecule has 192 valence electrons. The standard InChI is InChI=1S/C29H30N2O5S/c1-20(22-7-5-4-6-8-22)31(29(33)23-10-12-25(34-2)13-11-23)16-21-9-14-26(35-3)27(15-21)36-18-28-30-24(17-32)19-37-28/h4-15,19-20,32H,16-18H2,1-3H3. The van der Waals surface area contributed by atoms with Gasteiger partial charge in [0.05, 0.1) is 32.6 Å². The molecule has 37 heavy (non-hydrogen) atoms. The van der Waals surface area contributed by atoms with E-state index in [2.05, 4.69) is 4.98 Å². The fraction of sp³-hybridized carbons (Fsp3) is 0.241. The fourth-order valence-corrected chi connectivity index (χ4v) is 4.65. The summed E-state index contributed by atoms with van der Waals surface area (Å²) in [5, 5.41) is 11.8. The van der Waals surface area contributed by atoms with Crippen molar-refractivity contribution >= 4 is 17.2 Å². The summed E-state index contributed by atoms with van der Waals surface area (Å²) < 4.78 is 16.8. The molecule has 0 saturated carbocycles. The van der Waals surface area contributed by atoms with Gasteiger partial charge in [-0.2, -0.15) is 0 Å². The molecule has 1 N–H and O–H groups in total. The topological polar surface area (TPSA) is 81.1 Å². The summed E-state index contributed by atoms with van der Waals surface area (Å²) in [4.78, 5) is 19.9. The Morgan fingerprint density at radius 3 is 2.41 bits per heavy atom. The van der Waals surface area contributed by atoms with Crippen LogP contribution in [-0.2, 0) is 19.8 Å². The predicted octanol–water partition coefficient (Wildman–Crippen LogP) is 5.64. The zero-order valence-electron chi connectivity index (χ0n) is 21.1. The van der Waals surface area contributed by atoms with Gasteiger partial charge in [-0.1, -0.05) is 36.4 Å². The second-order valence-electron chi connectivity index (χ2n) is 8.41. The van der Waals surface area contributed by atoms with E-state index < -0.39 is 0 Å². The van der Waals surface area contributed by atoms with Gasteiger partial charge in [0.2, 0.25) is 0 Å². The van der Waals surface area contributed by atoms with Crippen molar-refractivity contribution in [3.8, 4) is 17.2 Å². The molecule has 0 aliphatic heterocycles. The number of hydrogen-bond donors (Lipinski definition) is 1. The number of aliphatic hydroxyl groups excluding tert-OH is 1. The third-order valence-corrected chi connectivity index (χ3v) is 6.91. The normalized spacial score (nSPS) is 11.6. The number of nitrogens with zero attached hydrogens (tertiary/aromatic N) is 2. The smallest absolute Gasteiger partial charge is 0.254 e. The number of rotatable bonds is 11. The molecule has 1 amide bonds. The average molecular weight is 519 g/mol. The highest BCUT2D eigenvalue weighted by Gasteiger charge is 2.24. The van der Waals surface area contributed by atoms with Crippen molar-refractivity contribution in [3.63, 3.8) is 0 Å². The monoisotopic (exact) mass is 518 g/mol. The zero-order chi connectivity index (χ0) is 26.2. The van der Waals surface area contributed by atoms with Gasteiger partial charge in [-0.25, -0.2) is 4.98 Å². The molecule has 1 atom stereocenters. The maximum Gasteiger partial charge on any atom is 0.254 e. The fourth-order valence-electron chi connectivity index (χ4n) is 3.95. The molecule has 3 aromatic carbocycles. The molecule has 0 spiro atoms. The summed E-state index contributed by atoms with van der Waals surface area (Å²) in [5.74, 6) is 1.76.